The summed E-state index contributed by atoms with van der Waals surface area (Å²) in [6, 6.07) is 8.85. The molecule has 1 N–H and O–H groups in total. The second-order valence-electron chi connectivity index (χ2n) is 4.78. The summed E-state index contributed by atoms with van der Waals surface area (Å²) in [5.41, 5.74) is 2.15. The Hall–Kier alpha value is -2.56. The fourth-order valence-corrected chi connectivity index (χ4v) is 2.12. The SMILES string of the molecule is COc1ccc(NC(=O)Cn2ccc(C(C)=O)c2C)cc1. The van der Waals surface area contributed by atoms with Crippen LogP contribution >= 0.6 is 0 Å². The lowest BCUT2D eigenvalue weighted by atomic mass is 10.2. The maximum Gasteiger partial charge on any atom is 0.244 e. The number of carbonyl (C=O) groups excluding carboxylic acids is 2. The van der Waals surface area contributed by atoms with Crippen molar-refractivity contribution in [2.45, 2.75) is 20.4 Å². The van der Waals surface area contributed by atoms with E-state index in [4.69, 9.17) is 4.74 Å². The van der Waals surface area contributed by atoms with Gasteiger partial charge in [0.2, 0.25) is 5.91 Å². The highest BCUT2D eigenvalue weighted by Gasteiger charge is 2.11. The molecule has 2 rings (SSSR count). The van der Waals surface area contributed by atoms with Crippen molar-refractivity contribution in [3.63, 3.8) is 0 Å². The Morgan fingerprint density at radius 1 is 1.19 bits per heavy atom. The molecule has 0 spiro atoms. The van der Waals surface area contributed by atoms with Gasteiger partial charge in [-0.15, -0.1) is 0 Å². The van der Waals surface area contributed by atoms with Gasteiger partial charge < -0.3 is 14.6 Å². The number of nitrogens with zero attached hydrogens (tertiary/aromatic N) is 1. The smallest absolute Gasteiger partial charge is 0.244 e. The van der Waals surface area contributed by atoms with Crippen LogP contribution in [0.1, 0.15) is 23.0 Å². The number of hydrogen-bond donors (Lipinski definition) is 1. The molecule has 1 heterocycles. The molecule has 0 bridgehead atoms. The maximum atomic E-state index is 12.0. The van der Waals surface area contributed by atoms with Gasteiger partial charge in [-0.05, 0) is 44.2 Å². The van der Waals surface area contributed by atoms with Crippen LogP contribution in [0.3, 0.4) is 0 Å². The molecule has 0 saturated carbocycles. The van der Waals surface area contributed by atoms with Crippen LogP contribution in [0.4, 0.5) is 5.69 Å². The highest BCUT2D eigenvalue weighted by Crippen LogP contribution is 2.15. The van der Waals surface area contributed by atoms with Gasteiger partial charge >= 0.3 is 0 Å². The molecule has 5 heteroatoms. The molecule has 0 saturated heterocycles. The lowest BCUT2D eigenvalue weighted by Gasteiger charge is -2.09. The Bertz CT molecular complexity index is 657. The number of benzene rings is 1. The molecule has 5 nitrogen and oxygen atoms in total. The van der Waals surface area contributed by atoms with Crippen LogP contribution in [0.25, 0.3) is 0 Å². The topological polar surface area (TPSA) is 60.3 Å². The predicted octanol–water partition coefficient (Wildman–Crippen LogP) is 2.65. The van der Waals surface area contributed by atoms with Crippen molar-refractivity contribution in [2.75, 3.05) is 12.4 Å². The van der Waals surface area contributed by atoms with Crippen LogP contribution < -0.4 is 10.1 Å². The minimum absolute atomic E-state index is 0.00168. The van der Waals surface area contributed by atoms with E-state index in [-0.39, 0.29) is 18.2 Å². The Morgan fingerprint density at radius 2 is 1.86 bits per heavy atom. The number of ether oxygens (including phenoxy) is 1. The van der Waals surface area contributed by atoms with E-state index in [0.717, 1.165) is 11.4 Å². The molecule has 0 aliphatic heterocycles. The molecule has 0 aliphatic rings. The average Bonchev–Trinajstić information content (AvgIpc) is 2.81. The van der Waals surface area contributed by atoms with Crippen LogP contribution in [0, 0.1) is 6.92 Å². The Morgan fingerprint density at radius 3 is 2.38 bits per heavy atom. The van der Waals surface area contributed by atoms with Crippen LogP contribution in [0.5, 0.6) is 5.75 Å². The third kappa shape index (κ3) is 3.51. The Balaban J connectivity index is 2.02. The number of nitrogens with one attached hydrogen (secondary N) is 1. The average molecular weight is 286 g/mol. The number of anilines is 1. The van der Waals surface area contributed by atoms with Crippen molar-refractivity contribution in [3.8, 4) is 5.75 Å². The fourth-order valence-electron chi connectivity index (χ4n) is 2.12. The molecular formula is C16H18N2O3. The monoisotopic (exact) mass is 286 g/mol. The molecule has 1 aromatic heterocycles. The number of Topliss-reactive ketones (excluding diaryl/α,β-unsaturated/α-hetero) is 1. The molecule has 110 valence electrons. The van der Waals surface area contributed by atoms with Gasteiger partial charge in [-0.25, -0.2) is 0 Å². The van der Waals surface area contributed by atoms with Crippen LogP contribution in [-0.2, 0) is 11.3 Å². The van der Waals surface area contributed by atoms with Crippen molar-refractivity contribution >= 4 is 17.4 Å². The summed E-state index contributed by atoms with van der Waals surface area (Å²) < 4.78 is 6.82. The quantitative estimate of drug-likeness (QED) is 0.860. The van der Waals surface area contributed by atoms with Gasteiger partial charge in [-0.1, -0.05) is 0 Å². The van der Waals surface area contributed by atoms with E-state index in [1.165, 1.54) is 6.92 Å². The minimum Gasteiger partial charge on any atom is -0.497 e. The maximum absolute atomic E-state index is 12.0. The number of amides is 1. The lowest BCUT2D eigenvalue weighted by molar-refractivity contribution is -0.116. The molecule has 2 aromatic rings. The highest BCUT2D eigenvalue weighted by atomic mass is 16.5. The number of hydrogen-bond acceptors (Lipinski definition) is 3. The van der Waals surface area contributed by atoms with Gasteiger partial charge in [0, 0.05) is 23.1 Å². The van der Waals surface area contributed by atoms with E-state index >= 15 is 0 Å². The number of aromatic nitrogens is 1. The lowest BCUT2D eigenvalue weighted by Crippen LogP contribution is -2.19. The van der Waals surface area contributed by atoms with Crippen molar-refractivity contribution in [1.82, 2.24) is 4.57 Å². The molecule has 0 fully saturated rings. The zero-order valence-corrected chi connectivity index (χ0v) is 12.3. The summed E-state index contributed by atoms with van der Waals surface area (Å²) in [5.74, 6) is 0.594. The molecule has 0 radical (unpaired) electrons. The van der Waals surface area contributed by atoms with Gasteiger partial charge in [0.25, 0.3) is 0 Å². The zero-order valence-electron chi connectivity index (χ0n) is 12.3. The predicted molar refractivity (Wildman–Crippen MR) is 80.8 cm³/mol. The van der Waals surface area contributed by atoms with Gasteiger partial charge in [0.1, 0.15) is 12.3 Å². The minimum atomic E-state index is -0.144. The summed E-state index contributed by atoms with van der Waals surface area (Å²) in [6.45, 7) is 3.52. The first kappa shape index (κ1) is 14.8. The molecule has 1 amide bonds. The normalized spacial score (nSPS) is 10.2. The van der Waals surface area contributed by atoms with E-state index in [1.54, 1.807) is 48.2 Å². The Kier molecular flexibility index (Phi) is 4.42. The van der Waals surface area contributed by atoms with Crippen LogP contribution in [0.2, 0.25) is 0 Å². The summed E-state index contributed by atoms with van der Waals surface area (Å²) in [5, 5.41) is 2.81. The standard InChI is InChI=1S/C16H18N2O3/c1-11-15(12(2)19)8-9-18(11)10-16(20)17-13-4-6-14(21-3)7-5-13/h4-9H,10H2,1-3H3,(H,17,20). The van der Waals surface area contributed by atoms with Crippen LogP contribution in [0.15, 0.2) is 36.5 Å². The summed E-state index contributed by atoms with van der Waals surface area (Å²) in [6.07, 6.45) is 1.75. The van der Waals surface area contributed by atoms with Gasteiger partial charge in [0.15, 0.2) is 5.78 Å². The van der Waals surface area contributed by atoms with Crippen molar-refractivity contribution in [2.24, 2.45) is 0 Å². The second-order valence-corrected chi connectivity index (χ2v) is 4.78. The third-order valence-corrected chi connectivity index (χ3v) is 3.31. The van der Waals surface area contributed by atoms with E-state index in [9.17, 15) is 9.59 Å². The van der Waals surface area contributed by atoms with Gasteiger partial charge in [-0.3, -0.25) is 9.59 Å². The molecule has 0 atom stereocenters. The van der Waals surface area contributed by atoms with E-state index in [2.05, 4.69) is 5.32 Å². The van der Waals surface area contributed by atoms with E-state index in [0.29, 0.717) is 11.3 Å². The highest BCUT2D eigenvalue weighted by molar-refractivity contribution is 5.95. The number of rotatable bonds is 5. The fraction of sp³-hybridized carbons (Fsp3) is 0.250. The third-order valence-electron chi connectivity index (χ3n) is 3.31. The van der Waals surface area contributed by atoms with Crippen molar-refractivity contribution in [1.29, 1.82) is 0 Å². The zero-order chi connectivity index (χ0) is 15.4. The Labute approximate surface area is 123 Å². The second kappa shape index (κ2) is 6.26. The van der Waals surface area contributed by atoms with E-state index < -0.39 is 0 Å². The molecular weight excluding hydrogens is 268 g/mol. The summed E-state index contributed by atoms with van der Waals surface area (Å²) >= 11 is 0. The van der Waals surface area contributed by atoms with E-state index in [1.807, 2.05) is 6.92 Å². The molecule has 21 heavy (non-hydrogen) atoms. The van der Waals surface area contributed by atoms with Gasteiger partial charge in [0.05, 0.1) is 7.11 Å². The summed E-state index contributed by atoms with van der Waals surface area (Å²) in [4.78, 5) is 23.4. The van der Waals surface area contributed by atoms with Crippen LogP contribution in [-0.4, -0.2) is 23.4 Å². The van der Waals surface area contributed by atoms with Crippen molar-refractivity contribution < 1.29 is 14.3 Å². The summed E-state index contributed by atoms with van der Waals surface area (Å²) in [7, 11) is 1.59. The first-order chi connectivity index (χ1) is 10.0. The number of carbonyl (C=O) groups is 2. The molecule has 0 unspecified atom stereocenters. The van der Waals surface area contributed by atoms with Crippen molar-refractivity contribution in [3.05, 3.63) is 47.8 Å². The van der Waals surface area contributed by atoms with Gasteiger partial charge in [-0.2, -0.15) is 0 Å². The molecule has 0 aliphatic carbocycles. The first-order valence-corrected chi connectivity index (χ1v) is 6.62. The number of ketones is 1. The first-order valence-electron chi connectivity index (χ1n) is 6.62. The number of methoxy groups -OCH3 is 1. The molecule has 1 aromatic carbocycles. The largest absolute Gasteiger partial charge is 0.497 e.